The van der Waals surface area contributed by atoms with E-state index < -0.39 is 5.41 Å². The lowest BCUT2D eigenvalue weighted by atomic mass is 9.85. The molecule has 2 amide bonds. The monoisotopic (exact) mass is 298 g/mol. The minimum atomic E-state index is -0.640. The molecule has 7 nitrogen and oxygen atoms in total. The van der Waals surface area contributed by atoms with Gasteiger partial charge in [0.05, 0.1) is 5.41 Å². The minimum Gasteiger partial charge on any atom is -0.323 e. The predicted octanol–water partition coefficient (Wildman–Crippen LogP) is 0.980. The summed E-state index contributed by atoms with van der Waals surface area (Å²) in [5.41, 5.74) is 0.235. The molecule has 7 heteroatoms. The second-order valence-corrected chi connectivity index (χ2v) is 5.77. The summed E-state index contributed by atoms with van der Waals surface area (Å²) in [5, 5.41) is 6.37. The Hall–Kier alpha value is -2.70. The van der Waals surface area contributed by atoms with Gasteiger partial charge in [0.1, 0.15) is 0 Å². The zero-order valence-electron chi connectivity index (χ0n) is 11.8. The van der Waals surface area contributed by atoms with Crippen molar-refractivity contribution in [1.29, 1.82) is 0 Å². The van der Waals surface area contributed by atoms with Gasteiger partial charge in [-0.3, -0.25) is 14.9 Å². The quantitative estimate of drug-likeness (QED) is 0.831. The molecule has 4 rings (SSSR count). The summed E-state index contributed by atoms with van der Waals surface area (Å²) in [6, 6.07) is 9.94. The number of rotatable bonds is 2. The average molecular weight is 298 g/mol. The fourth-order valence-electron chi connectivity index (χ4n) is 3.10. The largest absolute Gasteiger partial charge is 0.324 e. The van der Waals surface area contributed by atoms with E-state index in [0.717, 1.165) is 5.56 Å². The molecule has 0 aliphatic carbocycles. The number of nitrogens with zero attached hydrogens (tertiary/aromatic N) is 3. The van der Waals surface area contributed by atoms with Gasteiger partial charge in [-0.25, -0.2) is 0 Å². The zero-order valence-corrected chi connectivity index (χ0v) is 11.8. The summed E-state index contributed by atoms with van der Waals surface area (Å²) in [6.45, 7) is 1.05. The maximum absolute atomic E-state index is 12.0. The van der Waals surface area contributed by atoms with Crippen LogP contribution in [0.5, 0.6) is 0 Å². The molecule has 2 aliphatic rings. The van der Waals surface area contributed by atoms with E-state index >= 15 is 0 Å². The van der Waals surface area contributed by atoms with E-state index in [4.69, 9.17) is 4.52 Å². The van der Waals surface area contributed by atoms with Gasteiger partial charge < -0.3 is 9.42 Å². The molecule has 1 aromatic carbocycles. The number of nitrogens with one attached hydrogen (secondary N) is 1. The van der Waals surface area contributed by atoms with Crippen molar-refractivity contribution in [3.63, 3.8) is 0 Å². The van der Waals surface area contributed by atoms with Crippen LogP contribution in [0.25, 0.3) is 11.4 Å². The highest BCUT2D eigenvalue weighted by atomic mass is 16.5. The Kier molecular flexibility index (Phi) is 2.75. The second kappa shape index (κ2) is 4.66. The van der Waals surface area contributed by atoms with Crippen LogP contribution in [0, 0.1) is 5.41 Å². The fraction of sp³-hybridized carbons (Fsp3) is 0.333. The van der Waals surface area contributed by atoms with Crippen molar-refractivity contribution in [2.24, 2.45) is 5.41 Å². The lowest BCUT2D eigenvalue weighted by molar-refractivity contribution is -0.127. The van der Waals surface area contributed by atoms with Crippen LogP contribution in [0.2, 0.25) is 0 Å². The Morgan fingerprint density at radius 1 is 1.23 bits per heavy atom. The van der Waals surface area contributed by atoms with Gasteiger partial charge in [-0.2, -0.15) is 4.98 Å². The first-order chi connectivity index (χ1) is 10.7. The summed E-state index contributed by atoms with van der Waals surface area (Å²) in [6.07, 6.45) is 0.857. The number of anilines is 1. The van der Waals surface area contributed by atoms with Crippen molar-refractivity contribution < 1.29 is 14.1 Å². The van der Waals surface area contributed by atoms with E-state index in [-0.39, 0.29) is 18.2 Å². The third-order valence-corrected chi connectivity index (χ3v) is 4.31. The van der Waals surface area contributed by atoms with E-state index in [1.807, 2.05) is 35.2 Å². The summed E-state index contributed by atoms with van der Waals surface area (Å²) in [7, 11) is 0. The molecular weight excluding hydrogens is 284 g/mol. The highest BCUT2D eigenvalue weighted by Crippen LogP contribution is 2.39. The number of aromatic nitrogens is 2. The second-order valence-electron chi connectivity index (χ2n) is 5.77. The first-order valence-corrected chi connectivity index (χ1v) is 7.15. The van der Waals surface area contributed by atoms with E-state index in [2.05, 4.69) is 15.5 Å². The molecule has 1 N–H and O–H groups in total. The van der Waals surface area contributed by atoms with Gasteiger partial charge in [0.2, 0.25) is 17.6 Å². The number of hydrogen-bond donors (Lipinski definition) is 1. The number of hydrogen-bond acceptors (Lipinski definition) is 6. The normalized spacial score (nSPS) is 24.3. The Morgan fingerprint density at radius 3 is 2.77 bits per heavy atom. The Morgan fingerprint density at radius 2 is 2.05 bits per heavy atom. The molecular formula is C15H14N4O3. The minimum absolute atomic E-state index is 0.192. The number of carbonyl (C=O) groups excluding carboxylic acids is 2. The van der Waals surface area contributed by atoms with Gasteiger partial charge >= 0.3 is 6.01 Å². The molecule has 2 fully saturated rings. The van der Waals surface area contributed by atoms with E-state index in [1.54, 1.807) is 0 Å². The van der Waals surface area contributed by atoms with E-state index in [0.29, 0.717) is 31.3 Å². The SMILES string of the molecule is O=C1C[C@]2(CCN(c3nc(-c4ccccc4)no3)C2)C(=O)N1. The Balaban J connectivity index is 1.56. The van der Waals surface area contributed by atoms with Gasteiger partial charge in [-0.15, -0.1) is 0 Å². The van der Waals surface area contributed by atoms with Crippen LogP contribution in [0.1, 0.15) is 12.8 Å². The molecule has 22 heavy (non-hydrogen) atoms. The standard InChI is InChI=1S/C15H14N4O3/c20-11-8-15(13(21)16-11)6-7-19(9-15)14-17-12(18-22-14)10-4-2-1-3-5-10/h1-5H,6-9H2,(H,16,20,21)/t15-/m0/s1. The molecule has 0 saturated carbocycles. The third-order valence-electron chi connectivity index (χ3n) is 4.31. The van der Waals surface area contributed by atoms with Gasteiger partial charge in [-0.1, -0.05) is 35.5 Å². The van der Waals surface area contributed by atoms with E-state index in [1.165, 1.54) is 0 Å². The molecule has 0 radical (unpaired) electrons. The van der Waals surface area contributed by atoms with Crippen LogP contribution < -0.4 is 10.2 Å². The summed E-state index contributed by atoms with van der Waals surface area (Å²) in [4.78, 5) is 29.7. The lowest BCUT2D eigenvalue weighted by Gasteiger charge is -2.18. The van der Waals surface area contributed by atoms with E-state index in [9.17, 15) is 9.59 Å². The number of benzene rings is 1. The Labute approximate surface area is 126 Å². The fourth-order valence-corrected chi connectivity index (χ4v) is 3.10. The summed E-state index contributed by atoms with van der Waals surface area (Å²) < 4.78 is 5.32. The average Bonchev–Trinajstić information content (AvgIpc) is 3.20. The van der Waals surface area contributed by atoms with Crippen molar-refractivity contribution in [3.05, 3.63) is 30.3 Å². The van der Waals surface area contributed by atoms with Crippen LogP contribution in [0.15, 0.2) is 34.9 Å². The van der Waals surface area contributed by atoms with Crippen LogP contribution in [0.3, 0.4) is 0 Å². The van der Waals surface area contributed by atoms with Gasteiger partial charge in [0.15, 0.2) is 0 Å². The maximum Gasteiger partial charge on any atom is 0.324 e. The summed E-state index contributed by atoms with van der Waals surface area (Å²) >= 11 is 0. The van der Waals surface area contributed by atoms with Gasteiger partial charge in [-0.05, 0) is 6.42 Å². The highest BCUT2D eigenvalue weighted by molar-refractivity contribution is 6.06. The predicted molar refractivity (Wildman–Crippen MR) is 76.8 cm³/mol. The molecule has 0 bridgehead atoms. The first-order valence-electron chi connectivity index (χ1n) is 7.15. The molecule has 2 aromatic rings. The smallest absolute Gasteiger partial charge is 0.323 e. The molecule has 1 aromatic heterocycles. The van der Waals surface area contributed by atoms with Crippen LogP contribution in [0.4, 0.5) is 6.01 Å². The maximum atomic E-state index is 12.0. The van der Waals surface area contributed by atoms with Gasteiger partial charge in [0.25, 0.3) is 0 Å². The number of amides is 2. The highest BCUT2D eigenvalue weighted by Gasteiger charge is 2.51. The van der Waals surface area contributed by atoms with Crippen molar-refractivity contribution in [2.45, 2.75) is 12.8 Å². The Bertz CT molecular complexity index is 742. The molecule has 1 spiro atoms. The number of carbonyl (C=O) groups is 2. The molecule has 1 atom stereocenters. The molecule has 2 saturated heterocycles. The van der Waals surface area contributed by atoms with Crippen molar-refractivity contribution >= 4 is 17.8 Å². The molecule has 0 unspecified atom stereocenters. The number of imide groups is 1. The van der Waals surface area contributed by atoms with Crippen LogP contribution in [-0.4, -0.2) is 35.0 Å². The van der Waals surface area contributed by atoms with Crippen molar-refractivity contribution in [3.8, 4) is 11.4 Å². The lowest BCUT2D eigenvalue weighted by Crippen LogP contribution is -2.34. The zero-order chi connectivity index (χ0) is 15.2. The molecule has 112 valence electrons. The first kappa shape index (κ1) is 13.0. The molecule has 3 heterocycles. The molecule has 2 aliphatic heterocycles. The third kappa shape index (κ3) is 1.97. The van der Waals surface area contributed by atoms with Crippen molar-refractivity contribution in [1.82, 2.24) is 15.5 Å². The van der Waals surface area contributed by atoms with Crippen LogP contribution >= 0.6 is 0 Å². The van der Waals surface area contributed by atoms with Crippen LogP contribution in [-0.2, 0) is 9.59 Å². The van der Waals surface area contributed by atoms with Crippen molar-refractivity contribution in [2.75, 3.05) is 18.0 Å². The van der Waals surface area contributed by atoms with Gasteiger partial charge in [0, 0.05) is 25.1 Å². The summed E-state index contributed by atoms with van der Waals surface area (Å²) in [5.74, 6) is 0.119. The topological polar surface area (TPSA) is 88.3 Å².